The molecule has 1 heterocycles. The van der Waals surface area contributed by atoms with Crippen LogP contribution < -0.4 is 25.9 Å². The second-order valence-corrected chi connectivity index (χ2v) is 7.61. The lowest BCUT2D eigenvalue weighted by Crippen LogP contribution is -2.20. The largest absolute Gasteiger partial charge is 0.493 e. The monoisotopic (exact) mass is 470 g/mol. The molecule has 0 aliphatic carbocycles. The van der Waals surface area contributed by atoms with Crippen LogP contribution in [0.4, 0.5) is 17.3 Å². The summed E-state index contributed by atoms with van der Waals surface area (Å²) in [5, 5.41) is 11.5. The topological polar surface area (TPSA) is 116 Å². The number of carbonyl (C=O) groups excluding carboxylic acids is 1. The molecule has 0 radical (unpaired) electrons. The Kier molecular flexibility index (Phi) is 7.27. The molecule has 0 bridgehead atoms. The Hall–Kier alpha value is -4.79. The van der Waals surface area contributed by atoms with E-state index in [1.54, 1.807) is 26.3 Å². The molecule has 9 heteroatoms. The average Bonchev–Trinajstić information content (AvgIpc) is 3.16. The first-order chi connectivity index (χ1) is 17.0. The number of nitrogens with zero attached hydrogens (tertiary/aromatic N) is 3. The summed E-state index contributed by atoms with van der Waals surface area (Å²) < 4.78 is 12.8. The lowest BCUT2D eigenvalue weighted by atomic mass is 10.2. The van der Waals surface area contributed by atoms with Crippen LogP contribution in [0, 0.1) is 0 Å². The molecule has 4 N–H and O–H groups in total. The molecule has 4 aromatic rings. The van der Waals surface area contributed by atoms with Crippen molar-refractivity contribution in [2.45, 2.75) is 6.61 Å². The van der Waals surface area contributed by atoms with Gasteiger partial charge in [0.2, 0.25) is 0 Å². The Balaban J connectivity index is 1.46. The van der Waals surface area contributed by atoms with Crippen LogP contribution in [0.15, 0.2) is 84.0 Å². The number of amides is 1. The van der Waals surface area contributed by atoms with E-state index in [0.29, 0.717) is 23.9 Å². The van der Waals surface area contributed by atoms with Crippen molar-refractivity contribution in [2.24, 2.45) is 12.1 Å². The number of nitrogen functional groups attached to an aromatic ring is 1. The molecule has 1 aromatic heterocycles. The van der Waals surface area contributed by atoms with Gasteiger partial charge in [0.1, 0.15) is 18.0 Å². The maximum Gasteiger partial charge on any atom is 0.278 e. The SMILES string of the molecule is COc1ccc(/C=N/NC(=O)c2c(Nc3ccccc3)nn(C)c2N)cc1OCc1ccccc1. The van der Waals surface area contributed by atoms with E-state index >= 15 is 0 Å². The second kappa shape index (κ2) is 10.9. The van der Waals surface area contributed by atoms with Gasteiger partial charge in [-0.25, -0.2) is 5.43 Å². The van der Waals surface area contributed by atoms with Crippen LogP contribution in [0.5, 0.6) is 11.5 Å². The third-order valence-electron chi connectivity index (χ3n) is 5.16. The normalized spacial score (nSPS) is 10.8. The van der Waals surface area contributed by atoms with Crippen LogP contribution in [0.3, 0.4) is 0 Å². The van der Waals surface area contributed by atoms with E-state index < -0.39 is 5.91 Å². The quantitative estimate of drug-likeness (QED) is 0.251. The maximum absolute atomic E-state index is 12.9. The molecular formula is C26H26N6O3. The van der Waals surface area contributed by atoms with Gasteiger partial charge in [-0.2, -0.15) is 10.2 Å². The molecule has 3 aromatic carbocycles. The first-order valence-electron chi connectivity index (χ1n) is 10.9. The summed E-state index contributed by atoms with van der Waals surface area (Å²) in [6.07, 6.45) is 1.52. The van der Waals surface area contributed by atoms with Crippen molar-refractivity contribution in [1.29, 1.82) is 0 Å². The molecule has 4 rings (SSSR count). The predicted octanol–water partition coefficient (Wildman–Crippen LogP) is 4.10. The number of para-hydroxylation sites is 1. The summed E-state index contributed by atoms with van der Waals surface area (Å²) in [7, 11) is 3.25. The molecule has 0 atom stereocenters. The molecule has 0 saturated heterocycles. The summed E-state index contributed by atoms with van der Waals surface area (Å²) in [5.74, 6) is 1.24. The molecule has 0 aliphatic heterocycles. The van der Waals surface area contributed by atoms with Crippen LogP contribution in [-0.2, 0) is 13.7 Å². The zero-order chi connectivity index (χ0) is 24.6. The Morgan fingerprint density at radius 2 is 1.77 bits per heavy atom. The highest BCUT2D eigenvalue weighted by Gasteiger charge is 2.21. The number of carbonyl (C=O) groups is 1. The molecule has 0 spiro atoms. The summed E-state index contributed by atoms with van der Waals surface area (Å²) >= 11 is 0. The number of ether oxygens (including phenoxy) is 2. The minimum absolute atomic E-state index is 0.204. The highest BCUT2D eigenvalue weighted by atomic mass is 16.5. The number of hydrogen-bond donors (Lipinski definition) is 3. The first-order valence-corrected chi connectivity index (χ1v) is 10.9. The number of nitrogens with one attached hydrogen (secondary N) is 2. The van der Waals surface area contributed by atoms with Gasteiger partial charge < -0.3 is 20.5 Å². The van der Waals surface area contributed by atoms with E-state index in [-0.39, 0.29) is 11.4 Å². The highest BCUT2D eigenvalue weighted by Crippen LogP contribution is 2.28. The van der Waals surface area contributed by atoms with Crippen molar-refractivity contribution in [3.05, 3.63) is 95.6 Å². The fourth-order valence-electron chi connectivity index (χ4n) is 3.35. The lowest BCUT2D eigenvalue weighted by molar-refractivity contribution is 0.0957. The van der Waals surface area contributed by atoms with Crippen LogP contribution in [-0.4, -0.2) is 29.0 Å². The van der Waals surface area contributed by atoms with E-state index in [0.717, 1.165) is 16.8 Å². The van der Waals surface area contributed by atoms with Crippen molar-refractivity contribution in [3.63, 3.8) is 0 Å². The van der Waals surface area contributed by atoms with Gasteiger partial charge in [-0.05, 0) is 41.5 Å². The fraction of sp³-hybridized carbons (Fsp3) is 0.115. The van der Waals surface area contributed by atoms with Crippen LogP contribution in [0.1, 0.15) is 21.5 Å². The number of hydrazone groups is 1. The summed E-state index contributed by atoms with van der Waals surface area (Å²) in [4.78, 5) is 12.9. The second-order valence-electron chi connectivity index (χ2n) is 7.61. The molecule has 0 unspecified atom stereocenters. The summed E-state index contributed by atoms with van der Waals surface area (Å²) in [5.41, 5.74) is 11.4. The molecule has 0 aliphatic rings. The molecule has 0 fully saturated rings. The first kappa shape index (κ1) is 23.4. The van der Waals surface area contributed by atoms with E-state index in [2.05, 4.69) is 20.9 Å². The number of benzene rings is 3. The van der Waals surface area contributed by atoms with Crippen molar-refractivity contribution < 1.29 is 14.3 Å². The van der Waals surface area contributed by atoms with Gasteiger partial charge in [-0.1, -0.05) is 48.5 Å². The van der Waals surface area contributed by atoms with Crippen molar-refractivity contribution in [1.82, 2.24) is 15.2 Å². The number of anilines is 3. The van der Waals surface area contributed by atoms with E-state index in [4.69, 9.17) is 15.2 Å². The predicted molar refractivity (Wildman–Crippen MR) is 136 cm³/mol. The van der Waals surface area contributed by atoms with Gasteiger partial charge in [-0.15, -0.1) is 0 Å². The van der Waals surface area contributed by atoms with Gasteiger partial charge >= 0.3 is 0 Å². The summed E-state index contributed by atoms with van der Waals surface area (Å²) in [6.45, 7) is 0.395. The number of aryl methyl sites for hydroxylation is 1. The summed E-state index contributed by atoms with van der Waals surface area (Å²) in [6, 6.07) is 24.6. The molecule has 0 saturated carbocycles. The van der Waals surface area contributed by atoms with Crippen molar-refractivity contribution in [3.8, 4) is 11.5 Å². The van der Waals surface area contributed by atoms with E-state index in [9.17, 15) is 4.79 Å². The van der Waals surface area contributed by atoms with Gasteiger partial charge in [0, 0.05) is 12.7 Å². The van der Waals surface area contributed by atoms with Crippen LogP contribution in [0.25, 0.3) is 0 Å². The minimum Gasteiger partial charge on any atom is -0.493 e. The van der Waals surface area contributed by atoms with Crippen LogP contribution >= 0.6 is 0 Å². The Morgan fingerprint density at radius 1 is 1.06 bits per heavy atom. The Labute approximate surface area is 203 Å². The standard InChI is InChI=1S/C26H26N6O3/c1-32-24(27)23(25(31-32)29-20-11-7-4-8-12-20)26(33)30-28-16-19-13-14-21(34-2)22(15-19)35-17-18-9-5-3-6-10-18/h3-16H,17,27H2,1-2H3,(H,29,31)(H,30,33)/b28-16+. The third-order valence-corrected chi connectivity index (χ3v) is 5.16. The van der Waals surface area contributed by atoms with E-state index in [1.807, 2.05) is 66.7 Å². The molecule has 35 heavy (non-hydrogen) atoms. The maximum atomic E-state index is 12.9. The molecule has 9 nitrogen and oxygen atoms in total. The lowest BCUT2D eigenvalue weighted by Gasteiger charge is -2.11. The Morgan fingerprint density at radius 3 is 2.49 bits per heavy atom. The number of nitrogens with two attached hydrogens (primary N) is 1. The van der Waals surface area contributed by atoms with Gasteiger partial charge in [0.15, 0.2) is 17.3 Å². The number of rotatable bonds is 9. The smallest absolute Gasteiger partial charge is 0.278 e. The number of aromatic nitrogens is 2. The third kappa shape index (κ3) is 5.77. The molecule has 178 valence electrons. The zero-order valence-electron chi connectivity index (χ0n) is 19.4. The van der Waals surface area contributed by atoms with Crippen molar-refractivity contribution >= 4 is 29.4 Å². The highest BCUT2D eigenvalue weighted by molar-refractivity contribution is 6.04. The van der Waals surface area contributed by atoms with Crippen LogP contribution in [0.2, 0.25) is 0 Å². The average molecular weight is 471 g/mol. The fourth-order valence-corrected chi connectivity index (χ4v) is 3.35. The zero-order valence-corrected chi connectivity index (χ0v) is 19.4. The van der Waals surface area contributed by atoms with Gasteiger partial charge in [0.25, 0.3) is 5.91 Å². The van der Waals surface area contributed by atoms with E-state index in [1.165, 1.54) is 10.9 Å². The molecular weight excluding hydrogens is 444 g/mol. The van der Waals surface area contributed by atoms with Crippen molar-refractivity contribution in [2.75, 3.05) is 18.2 Å². The number of hydrogen-bond acceptors (Lipinski definition) is 7. The van der Waals surface area contributed by atoms with Gasteiger partial charge in [0.05, 0.1) is 13.3 Å². The molecule has 1 amide bonds. The number of methoxy groups -OCH3 is 1. The Bertz CT molecular complexity index is 1320. The minimum atomic E-state index is -0.487. The van der Waals surface area contributed by atoms with Gasteiger partial charge in [-0.3, -0.25) is 9.48 Å².